The maximum absolute atomic E-state index is 13.2. The lowest BCUT2D eigenvalue weighted by molar-refractivity contribution is -0.143. The van der Waals surface area contributed by atoms with Crippen molar-refractivity contribution in [2.45, 2.75) is 18.1 Å². The number of fused-ring (bicyclic) bond motifs is 1. The summed E-state index contributed by atoms with van der Waals surface area (Å²) in [7, 11) is -3.07. The van der Waals surface area contributed by atoms with E-state index in [1.54, 1.807) is 22.2 Å². The molecule has 2 amide bonds. The molecule has 3 fully saturated rings. The first-order valence-electron chi connectivity index (χ1n) is 9.93. The van der Waals surface area contributed by atoms with Gasteiger partial charge in [0.25, 0.3) is 0 Å². The second kappa shape index (κ2) is 6.63. The lowest BCUT2D eigenvalue weighted by Crippen LogP contribution is -2.50. The first-order chi connectivity index (χ1) is 13.9. The molecule has 0 aromatic carbocycles. The summed E-state index contributed by atoms with van der Waals surface area (Å²) >= 11 is 0. The monoisotopic (exact) mass is 417 g/mol. The number of hydrogen-bond acceptors (Lipinski definition) is 6. The predicted octanol–water partition coefficient (Wildman–Crippen LogP) is -0.337. The van der Waals surface area contributed by atoms with Gasteiger partial charge in [-0.25, -0.2) is 8.42 Å². The molecule has 8 nitrogen and oxygen atoms in total. The molecular weight excluding hydrogens is 394 g/mol. The maximum Gasteiger partial charge on any atom is 0.230 e. The number of rotatable bonds is 4. The molecule has 0 aliphatic carbocycles. The molecule has 3 saturated heterocycles. The standard InChI is InChI=1S/C20H23N3O5S/c24-18(22-9-11-29(26,27)12-10-22)16-15-1-5-20(28-15)13-23(19(25)17(16)20)8-4-14-2-6-21-7-3-14/h1-3,5-7,15-17H,4,8-13H2/t15-,16+,17-,20-/m0/s1. The summed E-state index contributed by atoms with van der Waals surface area (Å²) < 4.78 is 29.5. The van der Waals surface area contributed by atoms with Crippen LogP contribution in [-0.2, 0) is 30.6 Å². The summed E-state index contributed by atoms with van der Waals surface area (Å²) in [5.74, 6) is -1.34. The molecule has 0 radical (unpaired) electrons. The van der Waals surface area contributed by atoms with E-state index >= 15 is 0 Å². The van der Waals surface area contributed by atoms with Gasteiger partial charge in [0.05, 0.1) is 36.0 Å². The Hall–Kier alpha value is -2.26. The van der Waals surface area contributed by atoms with E-state index in [1.807, 2.05) is 24.3 Å². The number of likely N-dealkylation sites (tertiary alicyclic amines) is 1. The molecule has 1 aromatic heterocycles. The Bertz CT molecular complexity index is 965. The third-order valence-corrected chi connectivity index (χ3v) is 8.15. The van der Waals surface area contributed by atoms with E-state index in [4.69, 9.17) is 4.74 Å². The number of amides is 2. The minimum absolute atomic E-state index is 0.0192. The Morgan fingerprint density at radius 2 is 1.97 bits per heavy atom. The molecule has 5 rings (SSSR count). The second-order valence-electron chi connectivity index (χ2n) is 8.24. The van der Waals surface area contributed by atoms with Crippen LogP contribution in [0.2, 0.25) is 0 Å². The van der Waals surface area contributed by atoms with Crippen molar-refractivity contribution in [2.75, 3.05) is 37.7 Å². The molecule has 154 valence electrons. The number of ether oxygens (including phenoxy) is 1. The number of sulfone groups is 1. The Kier molecular flexibility index (Phi) is 4.29. The van der Waals surface area contributed by atoms with Crippen LogP contribution in [0.4, 0.5) is 0 Å². The molecule has 1 aromatic rings. The van der Waals surface area contributed by atoms with Gasteiger partial charge in [-0.3, -0.25) is 14.6 Å². The van der Waals surface area contributed by atoms with Crippen LogP contribution in [-0.4, -0.2) is 84.4 Å². The SMILES string of the molecule is O=C([C@@H]1[C@@H]2C=C[C@@]3(CN(CCc4ccncc4)C(=O)[C@H]13)O2)N1CCS(=O)(=O)CC1. The predicted molar refractivity (Wildman–Crippen MR) is 103 cm³/mol. The molecule has 4 atom stereocenters. The summed E-state index contributed by atoms with van der Waals surface area (Å²) in [6.07, 6.45) is 7.60. The zero-order valence-electron chi connectivity index (χ0n) is 15.9. The van der Waals surface area contributed by atoms with Crippen molar-refractivity contribution >= 4 is 21.7 Å². The van der Waals surface area contributed by atoms with Gasteiger partial charge in [0.2, 0.25) is 11.8 Å². The van der Waals surface area contributed by atoms with Crippen molar-refractivity contribution in [3.05, 3.63) is 42.2 Å². The quantitative estimate of drug-likeness (QED) is 0.622. The van der Waals surface area contributed by atoms with E-state index in [0.29, 0.717) is 19.5 Å². The molecule has 0 unspecified atom stereocenters. The Morgan fingerprint density at radius 1 is 1.24 bits per heavy atom. The molecule has 1 spiro atoms. The Balaban J connectivity index is 1.32. The van der Waals surface area contributed by atoms with E-state index in [9.17, 15) is 18.0 Å². The highest BCUT2D eigenvalue weighted by Gasteiger charge is 2.67. The van der Waals surface area contributed by atoms with E-state index in [1.165, 1.54) is 0 Å². The highest BCUT2D eigenvalue weighted by atomic mass is 32.2. The highest BCUT2D eigenvalue weighted by Crippen LogP contribution is 2.52. The van der Waals surface area contributed by atoms with E-state index in [2.05, 4.69) is 4.98 Å². The largest absolute Gasteiger partial charge is 0.360 e. The number of aromatic nitrogens is 1. The third-order valence-electron chi connectivity index (χ3n) is 6.54. The van der Waals surface area contributed by atoms with Crippen molar-refractivity contribution in [3.63, 3.8) is 0 Å². The molecule has 4 aliphatic heterocycles. The lowest BCUT2D eigenvalue weighted by Gasteiger charge is -2.32. The van der Waals surface area contributed by atoms with Crippen LogP contribution in [0.15, 0.2) is 36.7 Å². The van der Waals surface area contributed by atoms with Crippen molar-refractivity contribution in [2.24, 2.45) is 11.8 Å². The van der Waals surface area contributed by atoms with Crippen LogP contribution in [0, 0.1) is 11.8 Å². The maximum atomic E-state index is 13.2. The average Bonchev–Trinajstić information content (AvgIpc) is 3.35. The van der Waals surface area contributed by atoms with Crippen LogP contribution in [0.25, 0.3) is 0 Å². The number of hydrogen-bond donors (Lipinski definition) is 0. The Labute approximate surface area is 169 Å². The van der Waals surface area contributed by atoms with Gasteiger partial charge in [0.1, 0.15) is 5.60 Å². The number of nitrogens with zero attached hydrogens (tertiary/aromatic N) is 3. The van der Waals surface area contributed by atoms with Gasteiger partial charge >= 0.3 is 0 Å². The normalized spacial score (nSPS) is 34.6. The molecule has 4 aliphatic rings. The summed E-state index contributed by atoms with van der Waals surface area (Å²) in [5, 5.41) is 0. The highest BCUT2D eigenvalue weighted by molar-refractivity contribution is 7.91. The van der Waals surface area contributed by atoms with Gasteiger partial charge in [0.15, 0.2) is 9.84 Å². The fraction of sp³-hybridized carbons (Fsp3) is 0.550. The fourth-order valence-corrected chi connectivity index (χ4v) is 6.21. The molecular formula is C20H23N3O5S. The van der Waals surface area contributed by atoms with Crippen molar-refractivity contribution in [1.82, 2.24) is 14.8 Å². The van der Waals surface area contributed by atoms with Crippen LogP contribution < -0.4 is 0 Å². The van der Waals surface area contributed by atoms with Crippen molar-refractivity contribution in [1.29, 1.82) is 0 Å². The van der Waals surface area contributed by atoms with Gasteiger partial charge in [-0.05, 0) is 24.1 Å². The van der Waals surface area contributed by atoms with Crippen molar-refractivity contribution < 1.29 is 22.7 Å². The van der Waals surface area contributed by atoms with Crippen LogP contribution >= 0.6 is 0 Å². The van der Waals surface area contributed by atoms with Gasteiger partial charge in [-0.1, -0.05) is 12.2 Å². The molecule has 0 N–H and O–H groups in total. The van der Waals surface area contributed by atoms with Crippen molar-refractivity contribution in [3.8, 4) is 0 Å². The van der Waals surface area contributed by atoms with Gasteiger partial charge in [-0.15, -0.1) is 0 Å². The smallest absolute Gasteiger partial charge is 0.230 e. The van der Waals surface area contributed by atoms with E-state index in [0.717, 1.165) is 5.56 Å². The molecule has 5 heterocycles. The van der Waals surface area contributed by atoms with Gasteiger partial charge in [0, 0.05) is 32.0 Å². The first-order valence-corrected chi connectivity index (χ1v) is 11.7. The minimum Gasteiger partial charge on any atom is -0.360 e. The van der Waals surface area contributed by atoms with E-state index in [-0.39, 0.29) is 36.4 Å². The second-order valence-corrected chi connectivity index (χ2v) is 10.5. The zero-order valence-corrected chi connectivity index (χ0v) is 16.8. The summed E-state index contributed by atoms with van der Waals surface area (Å²) in [5.41, 5.74) is 0.368. The molecule has 2 bridgehead atoms. The lowest BCUT2D eigenvalue weighted by atomic mass is 9.76. The molecule has 29 heavy (non-hydrogen) atoms. The minimum atomic E-state index is -3.07. The average molecular weight is 417 g/mol. The van der Waals surface area contributed by atoms with Gasteiger partial charge in [-0.2, -0.15) is 0 Å². The third kappa shape index (κ3) is 3.07. The number of carbonyl (C=O) groups excluding carboxylic acids is 2. The first kappa shape index (κ1) is 18.7. The van der Waals surface area contributed by atoms with Crippen LogP contribution in [0.3, 0.4) is 0 Å². The molecule has 0 saturated carbocycles. The van der Waals surface area contributed by atoms with Gasteiger partial charge < -0.3 is 14.5 Å². The number of carbonyl (C=O) groups is 2. The number of pyridine rings is 1. The summed E-state index contributed by atoms with van der Waals surface area (Å²) in [6, 6.07) is 3.86. The Morgan fingerprint density at radius 3 is 2.69 bits per heavy atom. The summed E-state index contributed by atoms with van der Waals surface area (Å²) in [6.45, 7) is 1.39. The van der Waals surface area contributed by atoms with E-state index < -0.39 is 33.4 Å². The van der Waals surface area contributed by atoms with Crippen LogP contribution in [0.1, 0.15) is 5.56 Å². The topological polar surface area (TPSA) is 96.9 Å². The zero-order chi connectivity index (χ0) is 20.2. The van der Waals surface area contributed by atoms with Crippen LogP contribution in [0.5, 0.6) is 0 Å². The molecule has 9 heteroatoms. The summed E-state index contributed by atoms with van der Waals surface area (Å²) in [4.78, 5) is 33.8. The fourth-order valence-electron chi connectivity index (χ4n) is 5.01.